The van der Waals surface area contributed by atoms with Crippen LogP contribution in [0.4, 0.5) is 0 Å². The predicted molar refractivity (Wildman–Crippen MR) is 53.3 cm³/mol. The van der Waals surface area contributed by atoms with Crippen LogP contribution in [-0.4, -0.2) is 23.1 Å². The van der Waals surface area contributed by atoms with Crippen molar-refractivity contribution in [3.63, 3.8) is 0 Å². The first-order chi connectivity index (χ1) is 5.36. The van der Waals surface area contributed by atoms with Crippen LogP contribution in [-0.2, 0) is 0 Å². The van der Waals surface area contributed by atoms with Gasteiger partial charge in [0.2, 0.25) is 0 Å². The van der Waals surface area contributed by atoms with Crippen molar-refractivity contribution in [2.45, 2.75) is 6.92 Å². The van der Waals surface area contributed by atoms with Gasteiger partial charge >= 0.3 is 23.1 Å². The molecule has 0 aliphatic rings. The van der Waals surface area contributed by atoms with Gasteiger partial charge in [0.25, 0.3) is 0 Å². The van der Waals surface area contributed by atoms with Gasteiger partial charge in [-0.05, 0) is 0 Å². The molecule has 2 rings (SSSR count). The van der Waals surface area contributed by atoms with Gasteiger partial charge in [0.05, 0.1) is 0 Å². The molecular formula is C11H9IMg. The summed E-state index contributed by atoms with van der Waals surface area (Å²) in [5.41, 5.74) is 1.20. The predicted octanol–water partition coefficient (Wildman–Crippen LogP) is -0.428. The van der Waals surface area contributed by atoms with Crippen molar-refractivity contribution in [3.8, 4) is 0 Å². The van der Waals surface area contributed by atoms with Gasteiger partial charge in [-0.2, -0.15) is 0 Å². The van der Waals surface area contributed by atoms with Gasteiger partial charge in [-0.1, -0.05) is 19.1 Å². The molecule has 2 heteroatoms. The summed E-state index contributed by atoms with van der Waals surface area (Å²) in [6.07, 6.45) is 0. The van der Waals surface area contributed by atoms with E-state index in [4.69, 9.17) is 0 Å². The zero-order chi connectivity index (χ0) is 7.68. The summed E-state index contributed by atoms with van der Waals surface area (Å²) >= 11 is 0. The second kappa shape index (κ2) is 5.83. The molecule has 13 heavy (non-hydrogen) atoms. The Morgan fingerprint density at radius 2 is 1.69 bits per heavy atom. The van der Waals surface area contributed by atoms with Crippen molar-refractivity contribution >= 4 is 33.8 Å². The molecule has 0 atom stereocenters. The van der Waals surface area contributed by atoms with Crippen molar-refractivity contribution < 1.29 is 24.0 Å². The molecule has 0 unspecified atom stereocenters. The molecule has 0 nitrogen and oxygen atoms in total. The minimum atomic E-state index is 0. The Labute approximate surface area is 112 Å². The first-order valence-corrected chi connectivity index (χ1v) is 3.74. The third-order valence-electron chi connectivity index (χ3n) is 1.81. The molecule has 0 N–H and O–H groups in total. The fourth-order valence-corrected chi connectivity index (χ4v) is 1.23. The van der Waals surface area contributed by atoms with Crippen LogP contribution in [0.3, 0.4) is 0 Å². The second-order valence-corrected chi connectivity index (χ2v) is 2.73. The maximum atomic E-state index is 3.29. The Morgan fingerprint density at radius 3 is 2.46 bits per heavy atom. The summed E-state index contributed by atoms with van der Waals surface area (Å²) in [5, 5.41) is 2.46. The summed E-state index contributed by atoms with van der Waals surface area (Å²) < 4.78 is 0. The summed E-state index contributed by atoms with van der Waals surface area (Å²) in [5.74, 6) is 0. The largest absolute Gasteiger partial charge is 2.00 e. The quantitative estimate of drug-likeness (QED) is 0.351. The van der Waals surface area contributed by atoms with E-state index in [0.717, 1.165) is 0 Å². The average molecular weight is 292 g/mol. The fraction of sp³-hybridized carbons (Fsp3) is 0.0909. The standard InChI is InChI=1S/C11H9.HI.Mg/c1-9-6-7-10-4-2-3-5-11(10)8-9;;/h2-7H,1H3;1H;/q-1;;+2/p-1. The smallest absolute Gasteiger partial charge is 1.00 e. The fourth-order valence-electron chi connectivity index (χ4n) is 1.23. The SMILES string of the molecule is Cc1[c-]c2ccccc2cc1.[I-].[Mg+2]. The monoisotopic (exact) mass is 292 g/mol. The second-order valence-electron chi connectivity index (χ2n) is 2.73. The van der Waals surface area contributed by atoms with Crippen molar-refractivity contribution in [1.82, 2.24) is 0 Å². The van der Waals surface area contributed by atoms with Crippen LogP contribution in [0.25, 0.3) is 10.8 Å². The molecule has 0 saturated heterocycles. The number of aryl methyl sites for hydroxylation is 1. The minimum absolute atomic E-state index is 0. The van der Waals surface area contributed by atoms with E-state index in [-0.39, 0.29) is 47.0 Å². The van der Waals surface area contributed by atoms with Crippen LogP contribution in [0.5, 0.6) is 0 Å². The van der Waals surface area contributed by atoms with Crippen LogP contribution in [0, 0.1) is 13.0 Å². The Balaban J connectivity index is 0.000000720. The molecule has 0 spiro atoms. The Morgan fingerprint density at radius 1 is 1.00 bits per heavy atom. The molecule has 0 aliphatic heterocycles. The van der Waals surface area contributed by atoms with Gasteiger partial charge in [0.1, 0.15) is 0 Å². The molecule has 0 aliphatic carbocycles. The number of hydrogen-bond acceptors (Lipinski definition) is 0. The summed E-state index contributed by atoms with van der Waals surface area (Å²) in [6, 6.07) is 15.8. The minimum Gasteiger partial charge on any atom is -1.00 e. The van der Waals surface area contributed by atoms with Crippen LogP contribution < -0.4 is 24.0 Å². The number of fused-ring (bicyclic) bond motifs is 1. The summed E-state index contributed by atoms with van der Waals surface area (Å²) in [7, 11) is 0. The van der Waals surface area contributed by atoms with Crippen molar-refractivity contribution in [1.29, 1.82) is 0 Å². The third kappa shape index (κ3) is 3.11. The van der Waals surface area contributed by atoms with Gasteiger partial charge in [0, 0.05) is 0 Å². The Bertz CT molecular complexity index is 385. The van der Waals surface area contributed by atoms with E-state index in [1.54, 1.807) is 0 Å². The Hall–Kier alpha value is 0.196. The molecule has 0 saturated carbocycles. The maximum absolute atomic E-state index is 3.29. The maximum Gasteiger partial charge on any atom is 2.00 e. The molecule has 0 radical (unpaired) electrons. The molecule has 0 fully saturated rings. The number of hydrogen-bond donors (Lipinski definition) is 0. The molecule has 2 aromatic carbocycles. The third-order valence-corrected chi connectivity index (χ3v) is 1.81. The average Bonchev–Trinajstić information content (AvgIpc) is 2.04. The molecule has 0 amide bonds. The van der Waals surface area contributed by atoms with Crippen LogP contribution >= 0.6 is 0 Å². The molecule has 62 valence electrons. The van der Waals surface area contributed by atoms with Crippen molar-refractivity contribution in [3.05, 3.63) is 48.0 Å². The zero-order valence-corrected chi connectivity index (χ0v) is 11.1. The van der Waals surface area contributed by atoms with Gasteiger partial charge in [-0.25, -0.2) is 0 Å². The van der Waals surface area contributed by atoms with E-state index in [2.05, 4.69) is 37.3 Å². The van der Waals surface area contributed by atoms with Gasteiger partial charge in [-0.3, -0.25) is 0 Å². The van der Waals surface area contributed by atoms with Crippen LogP contribution in [0.1, 0.15) is 5.56 Å². The van der Waals surface area contributed by atoms with Gasteiger partial charge < -0.3 is 24.0 Å². The van der Waals surface area contributed by atoms with E-state index in [9.17, 15) is 0 Å². The van der Waals surface area contributed by atoms with E-state index >= 15 is 0 Å². The molecule has 2 aromatic rings. The first-order valence-electron chi connectivity index (χ1n) is 3.74. The summed E-state index contributed by atoms with van der Waals surface area (Å²) in [6.45, 7) is 2.06. The van der Waals surface area contributed by atoms with Gasteiger partial charge in [-0.15, -0.1) is 46.7 Å². The summed E-state index contributed by atoms with van der Waals surface area (Å²) in [4.78, 5) is 0. The van der Waals surface area contributed by atoms with E-state index in [1.165, 1.54) is 16.3 Å². The zero-order valence-electron chi connectivity index (χ0n) is 7.55. The first kappa shape index (κ1) is 13.2. The molecular weight excluding hydrogens is 283 g/mol. The van der Waals surface area contributed by atoms with E-state index in [1.807, 2.05) is 12.1 Å². The molecule has 0 aromatic heterocycles. The number of rotatable bonds is 0. The topological polar surface area (TPSA) is 0 Å². The molecule has 0 heterocycles. The Kier molecular flexibility index (Phi) is 5.92. The normalized spacial score (nSPS) is 8.69. The van der Waals surface area contributed by atoms with Crippen molar-refractivity contribution in [2.24, 2.45) is 0 Å². The van der Waals surface area contributed by atoms with Crippen LogP contribution in [0.15, 0.2) is 36.4 Å². The van der Waals surface area contributed by atoms with E-state index in [0.29, 0.717) is 0 Å². The van der Waals surface area contributed by atoms with E-state index < -0.39 is 0 Å². The van der Waals surface area contributed by atoms with Crippen molar-refractivity contribution in [2.75, 3.05) is 0 Å². The molecule has 0 bridgehead atoms. The van der Waals surface area contributed by atoms with Crippen LogP contribution in [0.2, 0.25) is 0 Å². The number of benzene rings is 2. The number of halogens is 1. The van der Waals surface area contributed by atoms with Gasteiger partial charge in [0.15, 0.2) is 0 Å².